The third-order valence-electron chi connectivity index (χ3n) is 3.96. The highest BCUT2D eigenvalue weighted by Gasteiger charge is 2.55. The molecule has 0 saturated carbocycles. The van der Waals surface area contributed by atoms with Crippen molar-refractivity contribution in [2.45, 2.75) is 70.4 Å². The van der Waals surface area contributed by atoms with E-state index in [1.54, 1.807) is 12.2 Å². The number of hydrogen-bond donors (Lipinski definition) is 0. The fraction of sp³-hybridized carbons (Fsp3) is 0.550. The molecule has 0 aliphatic heterocycles. The molecule has 0 rings (SSSR count). The van der Waals surface area contributed by atoms with E-state index in [0.29, 0.717) is 6.42 Å². The first-order valence-electron chi connectivity index (χ1n) is 9.36. The van der Waals surface area contributed by atoms with Crippen molar-refractivity contribution in [1.29, 1.82) is 0 Å². The highest BCUT2D eigenvalue weighted by Crippen LogP contribution is 2.16. The van der Waals surface area contributed by atoms with Crippen molar-refractivity contribution >= 4 is 6.29 Å². The van der Waals surface area contributed by atoms with E-state index in [0.717, 1.165) is 19.3 Å². The van der Waals surface area contributed by atoms with E-state index in [4.69, 9.17) is 0 Å². The van der Waals surface area contributed by atoms with Gasteiger partial charge in [0.15, 0.2) is 0 Å². The maximum absolute atomic E-state index is 10.8. The molecule has 0 N–H and O–H groups in total. The number of carbonyl (C=O) groups is 1. The van der Waals surface area contributed by atoms with Gasteiger partial charge < -0.3 is 0 Å². The second-order valence-electron chi connectivity index (χ2n) is 6.14. The Balaban J connectivity index is 3.93. The summed E-state index contributed by atoms with van der Waals surface area (Å²) in [4.78, 5) is 30.0. The molecule has 0 spiro atoms. The maximum Gasteiger partial charge on any atom is 0.513 e. The van der Waals surface area contributed by atoms with Crippen LogP contribution in [0.5, 0.6) is 0 Å². The molecule has 0 atom stereocenters. The smallest absolute Gasteiger partial charge is 0.287 e. The summed E-state index contributed by atoms with van der Waals surface area (Å²) in [6.07, 6.45) is 22.7. The Bertz CT molecular complexity index is 551. The van der Waals surface area contributed by atoms with Crippen LogP contribution in [0.1, 0.15) is 64.7 Å². The number of hydrogen-bond acceptors (Lipinski definition) is 5. The zero-order valence-electron chi connectivity index (χ0n) is 16.0. The van der Waals surface area contributed by atoms with Gasteiger partial charge in [-0.15, -0.1) is 0 Å². The predicted molar refractivity (Wildman–Crippen MR) is 107 cm³/mol. The van der Waals surface area contributed by atoms with Crippen molar-refractivity contribution in [3.63, 3.8) is 0 Å². The molecule has 0 heterocycles. The quantitative estimate of drug-likeness (QED) is 0.0918. The molecule has 0 aromatic heterocycles. The molecule has 0 aromatic rings. The minimum atomic E-state index is -2.74. The third-order valence-corrected chi connectivity index (χ3v) is 3.96. The zero-order valence-corrected chi connectivity index (χ0v) is 16.0. The second-order valence-corrected chi connectivity index (χ2v) is 6.14. The molecule has 0 radical (unpaired) electrons. The summed E-state index contributed by atoms with van der Waals surface area (Å²) in [5, 5.41) is 21.5. The highest BCUT2D eigenvalue weighted by molar-refractivity contribution is 5.59. The predicted octanol–water partition coefficient (Wildman–Crippen LogP) is 5.19. The lowest BCUT2D eigenvalue weighted by Gasteiger charge is -2.09. The van der Waals surface area contributed by atoms with Gasteiger partial charge in [-0.3, -0.25) is 25.0 Å². The minimum Gasteiger partial charge on any atom is -0.287 e. The van der Waals surface area contributed by atoms with Crippen molar-refractivity contribution in [3.05, 3.63) is 68.8 Å². The summed E-state index contributed by atoms with van der Waals surface area (Å²) in [5.74, 6) is 0. The van der Waals surface area contributed by atoms with Gasteiger partial charge in [0.1, 0.15) is 16.3 Å². The van der Waals surface area contributed by atoms with Crippen LogP contribution in [-0.4, -0.2) is 21.8 Å². The fourth-order valence-corrected chi connectivity index (χ4v) is 2.25. The number of nitrogens with zero attached hydrogens (tertiary/aromatic N) is 2. The van der Waals surface area contributed by atoms with Gasteiger partial charge in [0.05, 0.1) is 0 Å². The number of unbranched alkanes of at least 4 members (excludes halogenated alkanes) is 3. The minimum absolute atomic E-state index is 0.0963. The molecule has 0 amide bonds. The van der Waals surface area contributed by atoms with Gasteiger partial charge >= 0.3 is 5.66 Å². The van der Waals surface area contributed by atoms with Crippen LogP contribution in [0.2, 0.25) is 0 Å². The van der Waals surface area contributed by atoms with Gasteiger partial charge in [-0.25, -0.2) is 0 Å². The summed E-state index contributed by atoms with van der Waals surface area (Å²) >= 11 is 0. The van der Waals surface area contributed by atoms with Crippen LogP contribution < -0.4 is 0 Å². The van der Waals surface area contributed by atoms with E-state index in [2.05, 4.69) is 31.2 Å². The van der Waals surface area contributed by atoms with E-state index in [9.17, 15) is 25.0 Å². The van der Waals surface area contributed by atoms with Crippen molar-refractivity contribution in [2.75, 3.05) is 0 Å². The number of aldehydes is 1. The largest absolute Gasteiger partial charge is 0.513 e. The van der Waals surface area contributed by atoms with Crippen molar-refractivity contribution in [2.24, 2.45) is 0 Å². The van der Waals surface area contributed by atoms with Crippen molar-refractivity contribution in [3.8, 4) is 0 Å². The molecule has 7 heteroatoms. The molecular formula is C20H30N2O5. The Kier molecular flexibility index (Phi) is 14.2. The Labute approximate surface area is 160 Å². The number of carbonyl (C=O) groups excluding carboxylic acids is 1. The van der Waals surface area contributed by atoms with Gasteiger partial charge in [0.25, 0.3) is 6.29 Å². The standard InChI is InChI=1S/C20H30N2O5/c1-2-3-4-5-6-7-8-9-10-11-12-13-14-15-16-17-18-20(19-23,21(24)25)22(26)27/h6-7,9-10,12-13,15-16,19H,2-5,8,11,14,17-18H2,1H3/b7-6+,10-9+,13-12+,16-15+. The third kappa shape index (κ3) is 10.9. The van der Waals surface area contributed by atoms with Crippen LogP contribution >= 0.6 is 0 Å². The highest BCUT2D eigenvalue weighted by atomic mass is 16.7. The first-order valence-corrected chi connectivity index (χ1v) is 9.36. The van der Waals surface area contributed by atoms with Crippen LogP contribution in [0.25, 0.3) is 0 Å². The maximum atomic E-state index is 10.8. The van der Waals surface area contributed by atoms with Gasteiger partial charge in [-0.05, 0) is 38.5 Å². The molecule has 0 aromatic carbocycles. The number of rotatable bonds is 16. The summed E-state index contributed by atoms with van der Waals surface area (Å²) in [7, 11) is 0. The fourth-order valence-electron chi connectivity index (χ4n) is 2.25. The summed E-state index contributed by atoms with van der Waals surface area (Å²) in [6, 6.07) is 0. The Hall–Kier alpha value is -2.57. The van der Waals surface area contributed by atoms with E-state index < -0.39 is 21.9 Å². The normalized spacial score (nSPS) is 12.6. The number of allylic oxidation sites excluding steroid dienone is 8. The summed E-state index contributed by atoms with van der Waals surface area (Å²) in [6.45, 7) is 2.19. The van der Waals surface area contributed by atoms with Crippen LogP contribution in [0.15, 0.2) is 48.6 Å². The van der Waals surface area contributed by atoms with E-state index in [1.807, 2.05) is 12.2 Å². The monoisotopic (exact) mass is 378 g/mol. The Morgan fingerprint density at radius 2 is 1.19 bits per heavy atom. The van der Waals surface area contributed by atoms with Gasteiger partial charge in [0.2, 0.25) is 0 Å². The topological polar surface area (TPSA) is 103 Å². The zero-order chi connectivity index (χ0) is 20.4. The Morgan fingerprint density at radius 3 is 1.59 bits per heavy atom. The molecule has 27 heavy (non-hydrogen) atoms. The molecule has 0 bridgehead atoms. The van der Waals surface area contributed by atoms with E-state index >= 15 is 0 Å². The van der Waals surface area contributed by atoms with Crippen molar-refractivity contribution in [1.82, 2.24) is 0 Å². The van der Waals surface area contributed by atoms with Crippen LogP contribution in [0.3, 0.4) is 0 Å². The summed E-state index contributed by atoms with van der Waals surface area (Å²) < 4.78 is 0. The molecule has 7 nitrogen and oxygen atoms in total. The average molecular weight is 378 g/mol. The van der Waals surface area contributed by atoms with Crippen molar-refractivity contribution < 1.29 is 14.6 Å². The molecule has 0 aliphatic carbocycles. The molecule has 150 valence electrons. The lowest BCUT2D eigenvalue weighted by Crippen LogP contribution is -2.47. The number of nitro groups is 2. The molecule has 0 aliphatic rings. The molecule has 0 unspecified atom stereocenters. The molecule has 0 fully saturated rings. The van der Waals surface area contributed by atoms with E-state index in [1.165, 1.54) is 19.3 Å². The molecular weight excluding hydrogens is 348 g/mol. The van der Waals surface area contributed by atoms with Crippen LogP contribution in [0.4, 0.5) is 0 Å². The Morgan fingerprint density at radius 1 is 0.741 bits per heavy atom. The second kappa shape index (κ2) is 15.7. The van der Waals surface area contributed by atoms with E-state index in [-0.39, 0.29) is 12.7 Å². The van der Waals surface area contributed by atoms with Crippen LogP contribution in [0, 0.1) is 20.2 Å². The average Bonchev–Trinajstić information content (AvgIpc) is 2.64. The van der Waals surface area contributed by atoms with Crippen LogP contribution in [-0.2, 0) is 4.79 Å². The first kappa shape index (κ1) is 24.4. The van der Waals surface area contributed by atoms with Gasteiger partial charge in [-0.2, -0.15) is 0 Å². The summed E-state index contributed by atoms with van der Waals surface area (Å²) in [5.41, 5.74) is -2.74. The first-order chi connectivity index (χ1) is 13.0. The molecule has 0 saturated heterocycles. The lowest BCUT2D eigenvalue weighted by molar-refractivity contribution is -0.774. The van der Waals surface area contributed by atoms with Gasteiger partial charge in [-0.1, -0.05) is 68.4 Å². The van der Waals surface area contributed by atoms with Gasteiger partial charge in [0, 0.05) is 0 Å². The SMILES string of the molecule is CCCCC/C=C/C/C=C/C/C=C/C/C=C/CCC(C=O)([N+](=O)[O-])[N+](=O)[O-]. The lowest BCUT2D eigenvalue weighted by atomic mass is 10.1.